The van der Waals surface area contributed by atoms with Crippen LogP contribution in [0.3, 0.4) is 0 Å². The summed E-state index contributed by atoms with van der Waals surface area (Å²) in [6.45, 7) is -2.40. The molecule has 11 heteroatoms. The Labute approximate surface area is 144 Å². The Hall–Kier alpha value is -2.20. The first-order valence-corrected chi connectivity index (χ1v) is 7.74. The van der Waals surface area contributed by atoms with Crippen LogP contribution in [0.25, 0.3) is 0 Å². The van der Waals surface area contributed by atoms with Gasteiger partial charge in [0.15, 0.2) is 13.2 Å². The van der Waals surface area contributed by atoms with Crippen molar-refractivity contribution in [3.63, 3.8) is 0 Å². The molecule has 0 spiro atoms. The zero-order valence-electron chi connectivity index (χ0n) is 13.5. The molecule has 0 bridgehead atoms. The summed E-state index contributed by atoms with van der Waals surface area (Å²) < 4.78 is 82.3. The quantitative estimate of drug-likeness (QED) is 0.570. The lowest BCUT2D eigenvalue weighted by Crippen LogP contribution is -2.32. The highest BCUT2D eigenvalue weighted by atomic mass is 19.4. The van der Waals surface area contributed by atoms with Gasteiger partial charge in [0.05, 0.1) is 0 Å². The van der Waals surface area contributed by atoms with Crippen LogP contribution in [0.5, 0.6) is 5.88 Å². The number of rotatable bonds is 5. The Morgan fingerprint density at radius 3 is 2.19 bits per heavy atom. The van der Waals surface area contributed by atoms with Crippen molar-refractivity contribution in [2.24, 2.45) is 0 Å². The number of esters is 1. The van der Waals surface area contributed by atoms with E-state index in [0.29, 0.717) is 13.1 Å². The fourth-order valence-electron chi connectivity index (χ4n) is 2.40. The SMILES string of the molecule is O=C(OCC(F)(F)F)c1ccc(OCC(F)(F)F)nc1N1CCCCC1. The number of carbonyl (C=O) groups excluding carboxylic acids is 1. The average Bonchev–Trinajstić information content (AvgIpc) is 2.57. The molecular weight excluding hydrogens is 370 g/mol. The molecule has 26 heavy (non-hydrogen) atoms. The summed E-state index contributed by atoms with van der Waals surface area (Å²) in [6, 6.07) is 2.05. The van der Waals surface area contributed by atoms with Gasteiger partial charge in [-0.15, -0.1) is 0 Å². The lowest BCUT2D eigenvalue weighted by atomic mass is 10.1. The lowest BCUT2D eigenvalue weighted by molar-refractivity contribution is -0.161. The van der Waals surface area contributed by atoms with Gasteiger partial charge in [0.1, 0.15) is 11.4 Å². The smallest absolute Gasteiger partial charge is 0.422 e. The number of nitrogens with zero attached hydrogens (tertiary/aromatic N) is 2. The third-order valence-electron chi connectivity index (χ3n) is 3.48. The van der Waals surface area contributed by atoms with Crippen LogP contribution in [0.4, 0.5) is 32.2 Å². The molecule has 1 fully saturated rings. The van der Waals surface area contributed by atoms with Crippen LogP contribution in [0.15, 0.2) is 12.1 Å². The molecular formula is C15H16F6N2O3. The molecule has 0 aliphatic carbocycles. The van der Waals surface area contributed by atoms with E-state index in [-0.39, 0.29) is 17.3 Å². The molecule has 2 rings (SSSR count). The number of hydrogen-bond donors (Lipinski definition) is 0. The maximum atomic E-state index is 12.3. The van der Waals surface area contributed by atoms with E-state index in [1.54, 1.807) is 4.90 Å². The molecule has 1 aromatic heterocycles. The second-order valence-electron chi connectivity index (χ2n) is 5.66. The van der Waals surface area contributed by atoms with Crippen molar-refractivity contribution in [2.75, 3.05) is 31.2 Å². The van der Waals surface area contributed by atoms with Gasteiger partial charge in [-0.2, -0.15) is 31.3 Å². The van der Waals surface area contributed by atoms with Crippen LogP contribution in [-0.4, -0.2) is 49.6 Å². The Kier molecular flexibility index (Phi) is 6.19. The summed E-state index contributed by atoms with van der Waals surface area (Å²) in [4.78, 5) is 17.5. The first kappa shape index (κ1) is 20.1. The molecule has 0 atom stereocenters. The van der Waals surface area contributed by atoms with E-state index < -0.39 is 31.5 Å². The number of alkyl halides is 6. The standard InChI is InChI=1S/C15H16F6N2O3/c16-14(17,18)8-25-11-5-4-10(13(24)26-9-15(19,20)21)12(22-11)23-6-2-1-3-7-23/h4-5H,1-3,6-9H2. The highest BCUT2D eigenvalue weighted by molar-refractivity contribution is 5.95. The Morgan fingerprint density at radius 2 is 1.62 bits per heavy atom. The maximum absolute atomic E-state index is 12.3. The minimum Gasteiger partial charge on any atom is -0.468 e. The van der Waals surface area contributed by atoms with E-state index in [2.05, 4.69) is 14.5 Å². The third-order valence-corrected chi connectivity index (χ3v) is 3.48. The van der Waals surface area contributed by atoms with E-state index in [9.17, 15) is 31.1 Å². The molecule has 1 aliphatic heterocycles. The summed E-state index contributed by atoms with van der Waals surface area (Å²) in [5.41, 5.74) is -0.254. The van der Waals surface area contributed by atoms with Crippen LogP contribution in [0.1, 0.15) is 29.6 Å². The molecule has 0 amide bonds. The summed E-state index contributed by atoms with van der Waals surface area (Å²) in [5.74, 6) is -1.68. The molecule has 5 nitrogen and oxygen atoms in total. The number of aromatic nitrogens is 1. The van der Waals surface area contributed by atoms with Gasteiger partial charge in [0, 0.05) is 19.2 Å². The molecule has 146 valence electrons. The molecule has 0 aromatic carbocycles. The van der Waals surface area contributed by atoms with Gasteiger partial charge in [0.2, 0.25) is 5.88 Å². The van der Waals surface area contributed by atoms with Crippen LogP contribution in [-0.2, 0) is 4.74 Å². The van der Waals surface area contributed by atoms with Crippen LogP contribution >= 0.6 is 0 Å². The minimum atomic E-state index is -4.69. The van der Waals surface area contributed by atoms with Crippen LogP contribution < -0.4 is 9.64 Å². The first-order valence-electron chi connectivity index (χ1n) is 7.74. The summed E-state index contributed by atoms with van der Waals surface area (Å²) in [7, 11) is 0. The van der Waals surface area contributed by atoms with E-state index in [1.165, 1.54) is 0 Å². The number of pyridine rings is 1. The van der Waals surface area contributed by atoms with Gasteiger partial charge in [-0.3, -0.25) is 0 Å². The highest BCUT2D eigenvalue weighted by Gasteiger charge is 2.32. The van der Waals surface area contributed by atoms with Crippen molar-refractivity contribution in [1.29, 1.82) is 0 Å². The fourth-order valence-corrected chi connectivity index (χ4v) is 2.40. The average molecular weight is 386 g/mol. The number of anilines is 1. The zero-order chi connectivity index (χ0) is 19.4. The molecule has 0 unspecified atom stereocenters. The van der Waals surface area contributed by atoms with Gasteiger partial charge in [-0.1, -0.05) is 0 Å². The molecule has 1 saturated heterocycles. The van der Waals surface area contributed by atoms with Gasteiger partial charge in [-0.25, -0.2) is 4.79 Å². The van der Waals surface area contributed by atoms with E-state index in [1.807, 2.05) is 0 Å². The molecule has 0 saturated carbocycles. The lowest BCUT2D eigenvalue weighted by Gasteiger charge is -2.29. The zero-order valence-corrected chi connectivity index (χ0v) is 13.5. The summed E-state index contributed by atoms with van der Waals surface area (Å²) >= 11 is 0. The monoisotopic (exact) mass is 386 g/mol. The third kappa shape index (κ3) is 6.26. The fraction of sp³-hybridized carbons (Fsp3) is 0.600. The van der Waals surface area contributed by atoms with E-state index in [4.69, 9.17) is 0 Å². The molecule has 1 aromatic rings. The Morgan fingerprint density at radius 1 is 1.00 bits per heavy atom. The van der Waals surface area contributed by atoms with Crippen LogP contribution in [0, 0.1) is 0 Å². The highest BCUT2D eigenvalue weighted by Crippen LogP contribution is 2.27. The second kappa shape index (κ2) is 8.00. The first-order chi connectivity index (χ1) is 12.1. The molecule has 2 heterocycles. The van der Waals surface area contributed by atoms with Crippen LogP contribution in [0.2, 0.25) is 0 Å². The number of hydrogen-bond acceptors (Lipinski definition) is 5. The van der Waals surface area contributed by atoms with Crippen molar-refractivity contribution >= 4 is 11.8 Å². The number of ether oxygens (including phenoxy) is 2. The number of piperidine rings is 1. The topological polar surface area (TPSA) is 51.7 Å². The van der Waals surface area contributed by atoms with Gasteiger partial charge in [-0.05, 0) is 25.3 Å². The summed E-state index contributed by atoms with van der Waals surface area (Å²) in [5, 5.41) is 0. The van der Waals surface area contributed by atoms with Crippen molar-refractivity contribution < 1.29 is 40.6 Å². The van der Waals surface area contributed by atoms with E-state index >= 15 is 0 Å². The van der Waals surface area contributed by atoms with Gasteiger partial charge >= 0.3 is 18.3 Å². The number of halogens is 6. The second-order valence-corrected chi connectivity index (χ2v) is 5.66. The van der Waals surface area contributed by atoms with E-state index in [0.717, 1.165) is 31.4 Å². The molecule has 0 N–H and O–H groups in total. The maximum Gasteiger partial charge on any atom is 0.422 e. The number of carbonyl (C=O) groups is 1. The normalized spacial score (nSPS) is 15.7. The Bertz CT molecular complexity index is 627. The van der Waals surface area contributed by atoms with Gasteiger partial charge in [0.25, 0.3) is 0 Å². The van der Waals surface area contributed by atoms with Crippen molar-refractivity contribution in [1.82, 2.24) is 4.98 Å². The minimum absolute atomic E-state index is 0.0449. The molecule has 0 radical (unpaired) electrons. The Balaban J connectivity index is 2.23. The largest absolute Gasteiger partial charge is 0.468 e. The van der Waals surface area contributed by atoms with Gasteiger partial charge < -0.3 is 14.4 Å². The van der Waals surface area contributed by atoms with Crippen molar-refractivity contribution in [3.8, 4) is 5.88 Å². The van der Waals surface area contributed by atoms with Crippen molar-refractivity contribution in [2.45, 2.75) is 31.6 Å². The predicted molar refractivity (Wildman–Crippen MR) is 78.2 cm³/mol. The van der Waals surface area contributed by atoms with Crippen molar-refractivity contribution in [3.05, 3.63) is 17.7 Å². The predicted octanol–water partition coefficient (Wildman–Crippen LogP) is 3.73. The molecule has 1 aliphatic rings. The summed E-state index contributed by atoms with van der Waals surface area (Å²) in [6.07, 6.45) is -6.82.